The first-order valence-electron chi connectivity index (χ1n) is 8.54. The predicted octanol–water partition coefficient (Wildman–Crippen LogP) is 2.79. The third kappa shape index (κ3) is 3.10. The summed E-state index contributed by atoms with van der Waals surface area (Å²) in [5, 5.41) is 2.91. The van der Waals surface area contributed by atoms with Crippen molar-refractivity contribution in [1.29, 1.82) is 0 Å². The first-order chi connectivity index (χ1) is 12.5. The van der Waals surface area contributed by atoms with E-state index in [4.69, 9.17) is 9.15 Å². The number of piperidine rings is 1. The minimum Gasteiger partial charge on any atom is -0.444 e. The lowest BCUT2D eigenvalue weighted by atomic mass is 9.93. The van der Waals surface area contributed by atoms with Gasteiger partial charge in [0.15, 0.2) is 12.2 Å². The molecule has 0 saturated carbocycles. The van der Waals surface area contributed by atoms with Crippen LogP contribution in [0.25, 0.3) is 11.3 Å². The fourth-order valence-corrected chi connectivity index (χ4v) is 3.59. The second kappa shape index (κ2) is 6.36. The molecule has 1 atom stereocenters. The number of anilines is 1. The molecule has 1 N–H and O–H groups in total. The monoisotopic (exact) mass is 356 g/mol. The van der Waals surface area contributed by atoms with E-state index in [9.17, 15) is 9.59 Å². The van der Waals surface area contributed by atoms with Gasteiger partial charge in [-0.25, -0.2) is 14.6 Å². The number of benzene rings is 1. The standard InChI is InChI=1S/C18H20N4O4/c1-21-10-18(26-17(21)24)6-3-7-22(11-18)16(23)20-14-5-2-4-13(8-14)15-9-19-12-25-15/h2,4-5,8-9,12H,3,6-7,10-11H2,1H3,(H,20,23)/t18-/m1/s1. The van der Waals surface area contributed by atoms with E-state index in [0.717, 1.165) is 18.4 Å². The number of likely N-dealkylation sites (tertiary alicyclic amines) is 1. The number of aromatic nitrogens is 1. The van der Waals surface area contributed by atoms with Crippen LogP contribution in [0.4, 0.5) is 15.3 Å². The fourth-order valence-electron chi connectivity index (χ4n) is 3.59. The highest BCUT2D eigenvalue weighted by molar-refractivity contribution is 5.90. The van der Waals surface area contributed by atoms with E-state index >= 15 is 0 Å². The molecule has 1 aromatic heterocycles. The quantitative estimate of drug-likeness (QED) is 0.894. The Hall–Kier alpha value is -3.03. The summed E-state index contributed by atoms with van der Waals surface area (Å²) in [6.45, 7) is 1.55. The minimum absolute atomic E-state index is 0.204. The van der Waals surface area contributed by atoms with Crippen molar-refractivity contribution < 1.29 is 18.7 Å². The Morgan fingerprint density at radius 2 is 2.23 bits per heavy atom. The third-order valence-electron chi connectivity index (χ3n) is 4.80. The molecule has 8 heteroatoms. The summed E-state index contributed by atoms with van der Waals surface area (Å²) in [7, 11) is 1.71. The molecule has 2 fully saturated rings. The molecule has 3 heterocycles. The second-order valence-electron chi connectivity index (χ2n) is 6.81. The van der Waals surface area contributed by atoms with Crippen molar-refractivity contribution >= 4 is 17.8 Å². The van der Waals surface area contributed by atoms with Gasteiger partial charge < -0.3 is 24.3 Å². The van der Waals surface area contributed by atoms with Crippen molar-refractivity contribution in [3.8, 4) is 11.3 Å². The molecule has 0 bridgehead atoms. The summed E-state index contributed by atoms with van der Waals surface area (Å²) in [5.41, 5.74) is 0.911. The molecule has 2 aliphatic heterocycles. The van der Waals surface area contributed by atoms with E-state index in [-0.39, 0.29) is 12.1 Å². The molecule has 4 rings (SSSR count). The van der Waals surface area contributed by atoms with E-state index in [1.807, 2.05) is 24.3 Å². The van der Waals surface area contributed by atoms with Crippen LogP contribution in [0, 0.1) is 0 Å². The number of nitrogens with one attached hydrogen (secondary N) is 1. The van der Waals surface area contributed by atoms with Crippen LogP contribution < -0.4 is 5.32 Å². The van der Waals surface area contributed by atoms with Crippen LogP contribution in [-0.4, -0.2) is 59.2 Å². The molecule has 2 saturated heterocycles. The van der Waals surface area contributed by atoms with Crippen molar-refractivity contribution in [3.63, 3.8) is 0 Å². The number of urea groups is 1. The molecule has 136 valence electrons. The second-order valence-corrected chi connectivity index (χ2v) is 6.81. The average molecular weight is 356 g/mol. The summed E-state index contributed by atoms with van der Waals surface area (Å²) < 4.78 is 10.8. The summed E-state index contributed by atoms with van der Waals surface area (Å²) in [6, 6.07) is 7.19. The van der Waals surface area contributed by atoms with E-state index < -0.39 is 5.60 Å². The van der Waals surface area contributed by atoms with Crippen LogP contribution in [-0.2, 0) is 4.74 Å². The maximum absolute atomic E-state index is 12.7. The zero-order chi connectivity index (χ0) is 18.1. The number of likely N-dealkylation sites (N-methyl/N-ethyl adjacent to an activating group) is 1. The molecule has 3 amide bonds. The summed E-state index contributed by atoms with van der Waals surface area (Å²) in [5.74, 6) is 0.638. The van der Waals surface area contributed by atoms with Gasteiger partial charge in [0.05, 0.1) is 19.3 Å². The lowest BCUT2D eigenvalue weighted by Gasteiger charge is -2.38. The van der Waals surface area contributed by atoms with Gasteiger partial charge in [-0.1, -0.05) is 12.1 Å². The lowest BCUT2D eigenvalue weighted by Crippen LogP contribution is -2.53. The summed E-state index contributed by atoms with van der Waals surface area (Å²) >= 11 is 0. The molecule has 2 aromatic rings. The zero-order valence-corrected chi connectivity index (χ0v) is 14.5. The molecule has 2 aliphatic rings. The third-order valence-corrected chi connectivity index (χ3v) is 4.80. The van der Waals surface area contributed by atoms with Gasteiger partial charge in [0.25, 0.3) is 0 Å². The van der Waals surface area contributed by atoms with Gasteiger partial charge in [0, 0.05) is 24.8 Å². The Labute approximate surface area is 150 Å². The number of carbonyl (C=O) groups is 2. The van der Waals surface area contributed by atoms with Gasteiger partial charge in [-0.3, -0.25) is 0 Å². The number of hydrogen-bond acceptors (Lipinski definition) is 5. The molecule has 0 radical (unpaired) electrons. The van der Waals surface area contributed by atoms with Gasteiger partial charge in [0.2, 0.25) is 0 Å². The van der Waals surface area contributed by atoms with Crippen LogP contribution >= 0.6 is 0 Å². The lowest BCUT2D eigenvalue weighted by molar-refractivity contribution is 0.00497. The van der Waals surface area contributed by atoms with E-state index in [2.05, 4.69) is 10.3 Å². The smallest absolute Gasteiger partial charge is 0.410 e. The van der Waals surface area contributed by atoms with Crippen molar-refractivity contribution in [3.05, 3.63) is 36.9 Å². The Bertz CT molecular complexity index is 822. The molecule has 1 aromatic carbocycles. The molecular weight excluding hydrogens is 336 g/mol. The maximum Gasteiger partial charge on any atom is 0.410 e. The first kappa shape index (κ1) is 16.4. The van der Waals surface area contributed by atoms with Gasteiger partial charge in [-0.05, 0) is 25.0 Å². The number of rotatable bonds is 2. The molecule has 0 aliphatic carbocycles. The predicted molar refractivity (Wildman–Crippen MR) is 93.6 cm³/mol. The number of oxazole rings is 1. The Balaban J connectivity index is 1.45. The van der Waals surface area contributed by atoms with Crippen molar-refractivity contribution in [2.75, 3.05) is 32.0 Å². The van der Waals surface area contributed by atoms with Crippen LogP contribution in [0.1, 0.15) is 12.8 Å². The summed E-state index contributed by atoms with van der Waals surface area (Å²) in [4.78, 5) is 31.6. The van der Waals surface area contributed by atoms with E-state index in [1.54, 1.807) is 23.0 Å². The van der Waals surface area contributed by atoms with Crippen LogP contribution in [0.5, 0.6) is 0 Å². The van der Waals surface area contributed by atoms with Crippen LogP contribution in [0.3, 0.4) is 0 Å². The topological polar surface area (TPSA) is 87.9 Å². The number of ether oxygens (including phenoxy) is 1. The molecule has 8 nitrogen and oxygen atoms in total. The molecule has 0 unspecified atom stereocenters. The van der Waals surface area contributed by atoms with E-state index in [1.165, 1.54) is 6.39 Å². The summed E-state index contributed by atoms with van der Waals surface area (Å²) in [6.07, 6.45) is 4.24. The van der Waals surface area contributed by atoms with E-state index in [0.29, 0.717) is 31.1 Å². The van der Waals surface area contributed by atoms with Gasteiger partial charge >= 0.3 is 12.1 Å². The minimum atomic E-state index is -0.594. The Morgan fingerprint density at radius 3 is 2.96 bits per heavy atom. The first-order valence-corrected chi connectivity index (χ1v) is 8.54. The normalized spacial score (nSPS) is 22.6. The molecule has 26 heavy (non-hydrogen) atoms. The zero-order valence-electron chi connectivity index (χ0n) is 14.5. The largest absolute Gasteiger partial charge is 0.444 e. The number of nitrogens with zero attached hydrogens (tertiary/aromatic N) is 3. The SMILES string of the molecule is CN1C[C@@]2(CCCN(C(=O)Nc3cccc(-c4cnco4)c3)C2)OC1=O. The Kier molecular flexibility index (Phi) is 4.02. The van der Waals surface area contributed by atoms with Crippen molar-refractivity contribution in [1.82, 2.24) is 14.8 Å². The highest BCUT2D eigenvalue weighted by atomic mass is 16.6. The van der Waals surface area contributed by atoms with Crippen molar-refractivity contribution in [2.45, 2.75) is 18.4 Å². The molecular formula is C18H20N4O4. The van der Waals surface area contributed by atoms with Gasteiger partial charge in [-0.2, -0.15) is 0 Å². The highest BCUT2D eigenvalue weighted by Gasteiger charge is 2.47. The number of amides is 3. The van der Waals surface area contributed by atoms with Gasteiger partial charge in [-0.15, -0.1) is 0 Å². The van der Waals surface area contributed by atoms with Crippen molar-refractivity contribution in [2.24, 2.45) is 0 Å². The fraction of sp³-hybridized carbons (Fsp3) is 0.389. The maximum atomic E-state index is 12.7. The van der Waals surface area contributed by atoms with Crippen LogP contribution in [0.2, 0.25) is 0 Å². The number of carbonyl (C=O) groups excluding carboxylic acids is 2. The van der Waals surface area contributed by atoms with Gasteiger partial charge in [0.1, 0.15) is 5.60 Å². The Morgan fingerprint density at radius 1 is 1.35 bits per heavy atom. The highest BCUT2D eigenvalue weighted by Crippen LogP contribution is 2.31. The molecule has 1 spiro atoms. The average Bonchev–Trinajstić information content (AvgIpc) is 3.24. The number of hydrogen-bond donors (Lipinski definition) is 1. The van der Waals surface area contributed by atoms with Crippen LogP contribution in [0.15, 0.2) is 41.3 Å².